The first-order valence-corrected chi connectivity index (χ1v) is 9.07. The predicted octanol–water partition coefficient (Wildman–Crippen LogP) is 3.73. The molecule has 6 heteroatoms. The smallest absolute Gasteiger partial charge is 0.287 e. The Kier molecular flexibility index (Phi) is 5.26. The van der Waals surface area contributed by atoms with Crippen LogP contribution in [0.3, 0.4) is 0 Å². The van der Waals surface area contributed by atoms with Crippen molar-refractivity contribution in [1.82, 2.24) is 14.7 Å². The molecule has 0 spiro atoms. The number of aromatic nitrogens is 2. The summed E-state index contributed by atoms with van der Waals surface area (Å²) in [5.41, 5.74) is 3.66. The van der Waals surface area contributed by atoms with Crippen molar-refractivity contribution in [3.63, 3.8) is 0 Å². The van der Waals surface area contributed by atoms with Crippen LogP contribution in [0.5, 0.6) is 0 Å². The zero-order chi connectivity index (χ0) is 19.6. The maximum absolute atomic E-state index is 12.9. The number of anilines is 1. The number of aryl methyl sites for hydroxylation is 1. The lowest BCUT2D eigenvalue weighted by atomic mass is 10.1. The molecular weight excluding hydrogens is 340 g/mol. The third-order valence-corrected chi connectivity index (χ3v) is 4.81. The predicted molar refractivity (Wildman–Crippen MR) is 106 cm³/mol. The van der Waals surface area contributed by atoms with E-state index in [9.17, 15) is 9.59 Å². The highest BCUT2D eigenvalue weighted by Crippen LogP contribution is 2.20. The molecule has 0 saturated carbocycles. The summed E-state index contributed by atoms with van der Waals surface area (Å²) in [6.45, 7) is 7.88. The van der Waals surface area contributed by atoms with E-state index in [4.69, 9.17) is 0 Å². The highest BCUT2D eigenvalue weighted by molar-refractivity contribution is 6.09. The normalized spacial score (nSPS) is 12.0. The monoisotopic (exact) mass is 364 g/mol. The van der Waals surface area contributed by atoms with Crippen LogP contribution in [0.4, 0.5) is 5.69 Å². The number of carbonyl (C=O) groups is 2. The second-order valence-electron chi connectivity index (χ2n) is 6.72. The molecule has 0 saturated heterocycles. The largest absolute Gasteiger partial charge is 0.347 e. The molecule has 0 aliphatic rings. The topological polar surface area (TPSA) is 75.5 Å². The van der Waals surface area contributed by atoms with Gasteiger partial charge in [-0.05, 0) is 56.5 Å². The highest BCUT2D eigenvalue weighted by Gasteiger charge is 2.22. The molecule has 0 aliphatic carbocycles. The van der Waals surface area contributed by atoms with Crippen LogP contribution in [0.25, 0.3) is 5.52 Å². The number of amides is 2. The van der Waals surface area contributed by atoms with E-state index in [1.807, 2.05) is 52.0 Å². The molecule has 2 N–H and O–H groups in total. The summed E-state index contributed by atoms with van der Waals surface area (Å²) >= 11 is 0. The summed E-state index contributed by atoms with van der Waals surface area (Å²) in [5, 5.41) is 5.82. The number of hydrogen-bond acceptors (Lipinski definition) is 3. The number of nitrogens with zero attached hydrogens (tertiary/aromatic N) is 2. The SMILES string of the molecule is CCC(C)NC(=O)c1nc(C(=O)Nc2cccc(C)c2C)c2ccccn12. The maximum Gasteiger partial charge on any atom is 0.287 e. The van der Waals surface area contributed by atoms with Crippen molar-refractivity contribution in [2.24, 2.45) is 0 Å². The second kappa shape index (κ2) is 7.61. The molecule has 1 aromatic carbocycles. The number of benzene rings is 1. The first-order valence-electron chi connectivity index (χ1n) is 9.07. The molecular formula is C21H24N4O2. The van der Waals surface area contributed by atoms with E-state index in [2.05, 4.69) is 15.6 Å². The molecule has 2 aromatic heterocycles. The van der Waals surface area contributed by atoms with Crippen LogP contribution in [0.1, 0.15) is 52.5 Å². The van der Waals surface area contributed by atoms with Crippen LogP contribution < -0.4 is 10.6 Å². The minimum absolute atomic E-state index is 0.0285. The van der Waals surface area contributed by atoms with Gasteiger partial charge in [-0.25, -0.2) is 4.98 Å². The number of imidazole rings is 1. The lowest BCUT2D eigenvalue weighted by Gasteiger charge is -2.10. The van der Waals surface area contributed by atoms with E-state index in [0.717, 1.165) is 23.2 Å². The maximum atomic E-state index is 12.9. The minimum Gasteiger partial charge on any atom is -0.347 e. The quantitative estimate of drug-likeness (QED) is 0.724. The van der Waals surface area contributed by atoms with Crippen molar-refractivity contribution in [2.75, 3.05) is 5.32 Å². The fraction of sp³-hybridized carbons (Fsp3) is 0.286. The van der Waals surface area contributed by atoms with Gasteiger partial charge in [0, 0.05) is 17.9 Å². The molecule has 1 unspecified atom stereocenters. The van der Waals surface area contributed by atoms with Gasteiger partial charge < -0.3 is 10.6 Å². The van der Waals surface area contributed by atoms with Crippen molar-refractivity contribution >= 4 is 23.0 Å². The van der Waals surface area contributed by atoms with Gasteiger partial charge in [-0.1, -0.05) is 25.1 Å². The molecule has 6 nitrogen and oxygen atoms in total. The van der Waals surface area contributed by atoms with E-state index < -0.39 is 0 Å². The molecule has 3 rings (SSSR count). The molecule has 0 aliphatic heterocycles. The molecule has 0 fully saturated rings. The van der Waals surface area contributed by atoms with E-state index in [-0.39, 0.29) is 29.4 Å². The third kappa shape index (κ3) is 3.69. The van der Waals surface area contributed by atoms with Gasteiger partial charge >= 0.3 is 0 Å². The summed E-state index contributed by atoms with van der Waals surface area (Å²) in [6, 6.07) is 11.2. The number of rotatable bonds is 5. The van der Waals surface area contributed by atoms with E-state index >= 15 is 0 Å². The van der Waals surface area contributed by atoms with Gasteiger partial charge in [-0.15, -0.1) is 0 Å². The summed E-state index contributed by atoms with van der Waals surface area (Å²) in [7, 11) is 0. The Morgan fingerprint density at radius 3 is 2.63 bits per heavy atom. The van der Waals surface area contributed by atoms with Gasteiger partial charge in [0.1, 0.15) is 0 Å². The van der Waals surface area contributed by atoms with Gasteiger partial charge in [0.2, 0.25) is 5.82 Å². The van der Waals surface area contributed by atoms with Crippen LogP contribution in [0, 0.1) is 13.8 Å². The highest BCUT2D eigenvalue weighted by atomic mass is 16.2. The second-order valence-corrected chi connectivity index (χ2v) is 6.72. The summed E-state index contributed by atoms with van der Waals surface area (Å²) < 4.78 is 1.65. The van der Waals surface area contributed by atoms with Crippen LogP contribution in [0.15, 0.2) is 42.6 Å². The van der Waals surface area contributed by atoms with Gasteiger partial charge in [-0.2, -0.15) is 0 Å². The van der Waals surface area contributed by atoms with Crippen molar-refractivity contribution in [2.45, 2.75) is 40.2 Å². The number of pyridine rings is 1. The Labute approximate surface area is 158 Å². The van der Waals surface area contributed by atoms with Crippen LogP contribution in [-0.4, -0.2) is 27.2 Å². The number of hydrogen-bond donors (Lipinski definition) is 2. The molecule has 1 atom stereocenters. The van der Waals surface area contributed by atoms with Crippen LogP contribution >= 0.6 is 0 Å². The van der Waals surface area contributed by atoms with Gasteiger partial charge in [0.25, 0.3) is 11.8 Å². The molecule has 27 heavy (non-hydrogen) atoms. The Hall–Kier alpha value is -3.15. The van der Waals surface area contributed by atoms with Crippen LogP contribution in [-0.2, 0) is 0 Å². The first kappa shape index (κ1) is 18.6. The fourth-order valence-electron chi connectivity index (χ4n) is 2.82. The molecule has 2 amide bonds. The summed E-state index contributed by atoms with van der Waals surface area (Å²) in [5.74, 6) is -0.427. The molecule has 2 heterocycles. The Morgan fingerprint density at radius 2 is 1.89 bits per heavy atom. The van der Waals surface area contributed by atoms with E-state index in [1.165, 1.54) is 0 Å². The standard InChI is InChI=1S/C21H24N4O2/c1-5-14(3)22-21(27)19-24-18(17-11-6-7-12-25(17)19)20(26)23-16-10-8-9-13(2)15(16)4/h6-12,14H,5H2,1-4H3,(H,22,27)(H,23,26). The van der Waals surface area contributed by atoms with Gasteiger partial charge in [0.15, 0.2) is 5.69 Å². The van der Waals surface area contributed by atoms with E-state index in [0.29, 0.717) is 5.52 Å². The number of fused-ring (bicyclic) bond motifs is 1. The summed E-state index contributed by atoms with van der Waals surface area (Å²) in [4.78, 5) is 29.8. The molecule has 0 bridgehead atoms. The molecule has 0 radical (unpaired) electrons. The third-order valence-electron chi connectivity index (χ3n) is 4.81. The Bertz CT molecular complexity index is 1010. The number of nitrogens with one attached hydrogen (secondary N) is 2. The lowest BCUT2D eigenvalue weighted by molar-refractivity contribution is 0.0928. The zero-order valence-corrected chi connectivity index (χ0v) is 16.0. The fourth-order valence-corrected chi connectivity index (χ4v) is 2.82. The molecule has 3 aromatic rings. The average Bonchev–Trinajstić information content (AvgIpc) is 3.05. The average molecular weight is 364 g/mol. The van der Waals surface area contributed by atoms with Crippen molar-refractivity contribution in [3.8, 4) is 0 Å². The zero-order valence-electron chi connectivity index (χ0n) is 16.0. The van der Waals surface area contributed by atoms with Gasteiger partial charge in [0.05, 0.1) is 5.52 Å². The van der Waals surface area contributed by atoms with Crippen LogP contribution in [0.2, 0.25) is 0 Å². The van der Waals surface area contributed by atoms with Crippen molar-refractivity contribution < 1.29 is 9.59 Å². The Morgan fingerprint density at radius 1 is 1.11 bits per heavy atom. The van der Waals surface area contributed by atoms with Crippen molar-refractivity contribution in [3.05, 3.63) is 65.2 Å². The Balaban J connectivity index is 1.98. The number of carbonyl (C=O) groups excluding carboxylic acids is 2. The lowest BCUT2D eigenvalue weighted by Crippen LogP contribution is -2.33. The molecule has 140 valence electrons. The van der Waals surface area contributed by atoms with E-state index in [1.54, 1.807) is 22.7 Å². The minimum atomic E-state index is -0.338. The first-order chi connectivity index (χ1) is 12.9. The van der Waals surface area contributed by atoms with Crippen molar-refractivity contribution in [1.29, 1.82) is 0 Å². The summed E-state index contributed by atoms with van der Waals surface area (Å²) in [6.07, 6.45) is 2.55. The van der Waals surface area contributed by atoms with Gasteiger partial charge in [-0.3, -0.25) is 14.0 Å².